The number of aromatic nitrogens is 2. The van der Waals surface area contributed by atoms with Crippen molar-refractivity contribution in [2.45, 2.75) is 17.4 Å². The largest absolute Gasteiger partial charge is 0.393 e. The Balaban J connectivity index is 1.97. The van der Waals surface area contributed by atoms with E-state index in [9.17, 15) is 17.9 Å². The van der Waals surface area contributed by atoms with Gasteiger partial charge in [-0.05, 0) is 30.7 Å². The van der Waals surface area contributed by atoms with E-state index >= 15 is 0 Å². The maximum Gasteiger partial charge on any atom is 0.241 e. The van der Waals surface area contributed by atoms with E-state index < -0.39 is 28.0 Å². The van der Waals surface area contributed by atoms with E-state index in [0.29, 0.717) is 11.3 Å². The molecule has 1 aromatic heterocycles. The van der Waals surface area contributed by atoms with E-state index in [4.69, 9.17) is 10.8 Å². The Labute approximate surface area is 173 Å². The van der Waals surface area contributed by atoms with E-state index in [1.54, 1.807) is 18.2 Å². The number of nitrogens with two attached hydrogens (primary N) is 1. The SMILES string of the molecule is CC(O)(CO)CNS(=O)(=O)c1ccccc1-c1ccc(-c2cnc(N)cn2)c(F)c1. The molecular weight excluding hydrogens is 411 g/mol. The van der Waals surface area contributed by atoms with Crippen LogP contribution >= 0.6 is 0 Å². The summed E-state index contributed by atoms with van der Waals surface area (Å²) in [5, 5.41) is 19.0. The van der Waals surface area contributed by atoms with Crippen LogP contribution in [0.3, 0.4) is 0 Å². The zero-order valence-corrected chi connectivity index (χ0v) is 16.9. The van der Waals surface area contributed by atoms with Crippen molar-refractivity contribution in [2.24, 2.45) is 0 Å². The van der Waals surface area contributed by atoms with Crippen LogP contribution in [0.4, 0.5) is 10.2 Å². The van der Waals surface area contributed by atoms with Gasteiger partial charge in [0.1, 0.15) is 11.6 Å². The van der Waals surface area contributed by atoms with Crippen LogP contribution in [0.1, 0.15) is 6.92 Å². The molecule has 8 nitrogen and oxygen atoms in total. The highest BCUT2D eigenvalue weighted by atomic mass is 32.2. The molecule has 30 heavy (non-hydrogen) atoms. The van der Waals surface area contributed by atoms with E-state index in [0.717, 1.165) is 0 Å². The second-order valence-corrected chi connectivity index (χ2v) is 8.73. The summed E-state index contributed by atoms with van der Waals surface area (Å²) in [6, 6.07) is 10.4. The maximum absolute atomic E-state index is 14.8. The van der Waals surface area contributed by atoms with Crippen molar-refractivity contribution in [1.82, 2.24) is 14.7 Å². The molecule has 0 saturated carbocycles. The summed E-state index contributed by atoms with van der Waals surface area (Å²) in [7, 11) is -4.04. The summed E-state index contributed by atoms with van der Waals surface area (Å²) in [5.41, 5.74) is 5.00. The van der Waals surface area contributed by atoms with E-state index in [1.807, 2.05) is 0 Å². The Morgan fingerprint density at radius 2 is 1.87 bits per heavy atom. The summed E-state index contributed by atoms with van der Waals surface area (Å²) < 4.78 is 42.6. The first-order valence-corrected chi connectivity index (χ1v) is 10.4. The van der Waals surface area contributed by atoms with E-state index in [2.05, 4.69) is 14.7 Å². The Bertz CT molecular complexity index is 1150. The van der Waals surface area contributed by atoms with E-state index in [-0.39, 0.29) is 28.4 Å². The Hall–Kier alpha value is -2.92. The lowest BCUT2D eigenvalue weighted by atomic mass is 10.0. The molecule has 0 radical (unpaired) electrons. The molecule has 0 aliphatic rings. The summed E-state index contributed by atoms with van der Waals surface area (Å²) in [6.45, 7) is 0.302. The molecule has 10 heteroatoms. The number of aliphatic hydroxyl groups is 2. The molecule has 0 saturated heterocycles. The Kier molecular flexibility index (Phi) is 6.13. The lowest BCUT2D eigenvalue weighted by Gasteiger charge is -2.21. The average molecular weight is 432 g/mol. The van der Waals surface area contributed by atoms with Gasteiger partial charge < -0.3 is 15.9 Å². The minimum atomic E-state index is -4.04. The number of sulfonamides is 1. The molecule has 0 spiro atoms. The zero-order chi connectivity index (χ0) is 21.9. The summed E-state index contributed by atoms with van der Waals surface area (Å²) in [5.74, 6) is -0.391. The van der Waals surface area contributed by atoms with Crippen LogP contribution in [0.2, 0.25) is 0 Å². The molecule has 1 atom stereocenters. The molecule has 0 aliphatic heterocycles. The van der Waals surface area contributed by atoms with Crippen molar-refractivity contribution >= 4 is 15.8 Å². The first kappa shape index (κ1) is 21.8. The normalized spacial score (nSPS) is 13.7. The molecule has 1 heterocycles. The van der Waals surface area contributed by atoms with Crippen molar-refractivity contribution in [2.75, 3.05) is 18.9 Å². The Morgan fingerprint density at radius 1 is 1.13 bits per heavy atom. The molecule has 0 amide bonds. The van der Waals surface area contributed by atoms with Crippen LogP contribution in [0.25, 0.3) is 22.4 Å². The van der Waals surface area contributed by atoms with Gasteiger partial charge >= 0.3 is 0 Å². The number of anilines is 1. The van der Waals surface area contributed by atoms with Gasteiger partial charge in [-0.15, -0.1) is 0 Å². The van der Waals surface area contributed by atoms with Gasteiger partial charge in [-0.3, -0.25) is 4.98 Å². The summed E-state index contributed by atoms with van der Waals surface area (Å²) in [4.78, 5) is 7.86. The number of nitrogens with zero attached hydrogens (tertiary/aromatic N) is 2. The molecular formula is C20H21FN4O4S. The fourth-order valence-electron chi connectivity index (χ4n) is 2.69. The number of halogens is 1. The molecule has 3 aromatic rings. The number of aliphatic hydroxyl groups excluding tert-OH is 1. The van der Waals surface area contributed by atoms with Crippen molar-refractivity contribution in [3.05, 3.63) is 60.7 Å². The second-order valence-electron chi connectivity index (χ2n) is 7.00. The van der Waals surface area contributed by atoms with Crippen LogP contribution in [-0.2, 0) is 10.0 Å². The quantitative estimate of drug-likeness (QED) is 0.444. The molecule has 0 fully saturated rings. The highest BCUT2D eigenvalue weighted by molar-refractivity contribution is 7.89. The zero-order valence-electron chi connectivity index (χ0n) is 16.1. The molecule has 1 unspecified atom stereocenters. The van der Waals surface area contributed by atoms with Crippen LogP contribution in [0.15, 0.2) is 59.8 Å². The fraction of sp³-hybridized carbons (Fsp3) is 0.200. The highest BCUT2D eigenvalue weighted by Crippen LogP contribution is 2.31. The predicted molar refractivity (Wildman–Crippen MR) is 110 cm³/mol. The van der Waals surface area contributed by atoms with Gasteiger partial charge in [0.25, 0.3) is 0 Å². The highest BCUT2D eigenvalue weighted by Gasteiger charge is 2.25. The van der Waals surface area contributed by atoms with Gasteiger partial charge in [0, 0.05) is 17.7 Å². The van der Waals surface area contributed by atoms with Crippen LogP contribution in [0, 0.1) is 5.82 Å². The van der Waals surface area contributed by atoms with Crippen molar-refractivity contribution in [3.8, 4) is 22.4 Å². The predicted octanol–water partition coefficient (Wildman–Crippen LogP) is 1.55. The number of rotatable bonds is 7. The van der Waals surface area contributed by atoms with Crippen LogP contribution in [-0.4, -0.2) is 47.4 Å². The lowest BCUT2D eigenvalue weighted by Crippen LogP contribution is -2.43. The number of nitrogens with one attached hydrogen (secondary N) is 1. The third kappa shape index (κ3) is 4.79. The van der Waals surface area contributed by atoms with Gasteiger partial charge in [0.15, 0.2) is 0 Å². The lowest BCUT2D eigenvalue weighted by molar-refractivity contribution is 0.00681. The smallest absolute Gasteiger partial charge is 0.241 e. The molecule has 0 bridgehead atoms. The number of benzene rings is 2. The van der Waals surface area contributed by atoms with E-state index in [1.165, 1.54) is 43.6 Å². The van der Waals surface area contributed by atoms with Gasteiger partial charge in [0.05, 0.1) is 35.2 Å². The first-order valence-electron chi connectivity index (χ1n) is 8.93. The molecule has 2 aromatic carbocycles. The number of nitrogen functional groups attached to an aromatic ring is 1. The standard InChI is InChI=1S/C20H21FN4O4S/c1-20(27,12-26)11-25-30(28,29)18-5-3-2-4-14(18)13-6-7-15(16(21)8-13)17-9-24-19(22)10-23-17/h2-10,25-27H,11-12H2,1H3,(H2,22,24). The monoisotopic (exact) mass is 432 g/mol. The number of hydrogen-bond donors (Lipinski definition) is 4. The summed E-state index contributed by atoms with van der Waals surface area (Å²) in [6.07, 6.45) is 2.67. The molecule has 0 aliphatic carbocycles. The fourth-order valence-corrected chi connectivity index (χ4v) is 4.08. The van der Waals surface area contributed by atoms with Crippen molar-refractivity contribution in [1.29, 1.82) is 0 Å². The molecule has 3 rings (SSSR count). The minimum Gasteiger partial charge on any atom is -0.393 e. The van der Waals surface area contributed by atoms with Crippen molar-refractivity contribution < 1.29 is 23.0 Å². The first-order chi connectivity index (χ1) is 14.1. The van der Waals surface area contributed by atoms with Crippen LogP contribution < -0.4 is 10.5 Å². The van der Waals surface area contributed by atoms with Gasteiger partial charge in [-0.2, -0.15) is 0 Å². The molecule has 5 N–H and O–H groups in total. The third-order valence-electron chi connectivity index (χ3n) is 4.39. The third-order valence-corrected chi connectivity index (χ3v) is 5.85. The van der Waals surface area contributed by atoms with Crippen LogP contribution in [0.5, 0.6) is 0 Å². The molecule has 158 valence electrons. The maximum atomic E-state index is 14.8. The van der Waals surface area contributed by atoms with Crippen molar-refractivity contribution in [3.63, 3.8) is 0 Å². The summed E-state index contributed by atoms with van der Waals surface area (Å²) >= 11 is 0. The minimum absolute atomic E-state index is 0.0850. The van der Waals surface area contributed by atoms with Gasteiger partial charge in [-0.1, -0.05) is 24.3 Å². The Morgan fingerprint density at radius 3 is 2.50 bits per heavy atom. The van der Waals surface area contributed by atoms with Gasteiger partial charge in [-0.25, -0.2) is 22.5 Å². The van der Waals surface area contributed by atoms with Gasteiger partial charge in [0.2, 0.25) is 10.0 Å². The number of hydrogen-bond acceptors (Lipinski definition) is 7. The topological polar surface area (TPSA) is 138 Å². The average Bonchev–Trinajstić information content (AvgIpc) is 2.73. The second kappa shape index (κ2) is 8.44.